The fraction of sp³-hybridized carbons (Fsp3) is 0. The summed E-state index contributed by atoms with van der Waals surface area (Å²) in [5.74, 6) is -0.892. The van der Waals surface area contributed by atoms with Crippen LogP contribution < -0.4 is 11.5 Å². The van der Waals surface area contributed by atoms with E-state index in [1.54, 1.807) is 18.5 Å². The van der Waals surface area contributed by atoms with Crippen molar-refractivity contribution in [2.45, 2.75) is 0 Å². The molecule has 0 aliphatic heterocycles. The van der Waals surface area contributed by atoms with Crippen molar-refractivity contribution in [1.82, 2.24) is 9.97 Å². The Balaban J connectivity index is 2.52. The van der Waals surface area contributed by atoms with Gasteiger partial charge in [-0.1, -0.05) is 6.58 Å². The number of halogens is 1. The van der Waals surface area contributed by atoms with Gasteiger partial charge in [0.15, 0.2) is 11.6 Å². The van der Waals surface area contributed by atoms with Gasteiger partial charge in [-0.25, -0.2) is 14.4 Å². The lowest BCUT2D eigenvalue weighted by atomic mass is 10.2. The number of aromatic amines is 1. The van der Waals surface area contributed by atoms with E-state index in [4.69, 9.17) is 11.5 Å². The first-order chi connectivity index (χ1) is 8.63. The number of allylic oxidation sites excluding steroid dienone is 2. The summed E-state index contributed by atoms with van der Waals surface area (Å²) in [4.78, 5) is 10.9. The van der Waals surface area contributed by atoms with Gasteiger partial charge in [0, 0.05) is 23.3 Å². The van der Waals surface area contributed by atoms with E-state index < -0.39 is 5.83 Å². The number of rotatable bonds is 3. The molecule has 2 aromatic rings. The average molecular weight is 245 g/mol. The van der Waals surface area contributed by atoms with E-state index in [9.17, 15) is 4.39 Å². The van der Waals surface area contributed by atoms with E-state index in [-0.39, 0.29) is 11.7 Å². The monoisotopic (exact) mass is 245 g/mol. The Labute approximate surface area is 103 Å². The van der Waals surface area contributed by atoms with Crippen molar-refractivity contribution in [3.63, 3.8) is 0 Å². The molecule has 0 unspecified atom stereocenters. The largest absolute Gasteiger partial charge is 0.383 e. The normalized spacial score (nSPS) is 13.5. The van der Waals surface area contributed by atoms with Gasteiger partial charge >= 0.3 is 0 Å². The van der Waals surface area contributed by atoms with Crippen LogP contribution in [-0.2, 0) is 0 Å². The molecule has 0 bridgehead atoms. The van der Waals surface area contributed by atoms with Crippen molar-refractivity contribution in [2.75, 3.05) is 0 Å². The number of nitrogens with two attached hydrogens (primary N) is 2. The molecule has 0 saturated heterocycles. The van der Waals surface area contributed by atoms with Gasteiger partial charge in [-0.2, -0.15) is 0 Å². The SMILES string of the molecule is C=C/C(F)=C(/N)N=C(N)c1ccnc2[nH]ccc12. The Kier molecular flexibility index (Phi) is 3.09. The number of aromatic nitrogens is 2. The molecule has 0 spiro atoms. The van der Waals surface area contributed by atoms with Gasteiger partial charge in [-0.3, -0.25) is 0 Å². The standard InChI is InChI=1S/C12H12FN5/c1-2-9(13)11(15)18-10(14)7-3-5-16-12-8(7)4-6-17-12/h2-6H,1,15H2,(H2,14,18)(H,16,17)/b11-9+. The molecule has 0 aromatic carbocycles. The highest BCUT2D eigenvalue weighted by molar-refractivity contribution is 6.07. The smallest absolute Gasteiger partial charge is 0.164 e. The molecule has 0 aliphatic carbocycles. The molecule has 92 valence electrons. The van der Waals surface area contributed by atoms with E-state index in [1.165, 1.54) is 0 Å². The zero-order valence-electron chi connectivity index (χ0n) is 9.52. The molecule has 0 atom stereocenters. The minimum absolute atomic E-state index is 0.122. The number of hydrogen-bond donors (Lipinski definition) is 3. The Bertz CT molecular complexity index is 653. The molecule has 0 radical (unpaired) electrons. The lowest BCUT2D eigenvalue weighted by Crippen LogP contribution is -2.16. The molecule has 0 amide bonds. The summed E-state index contributed by atoms with van der Waals surface area (Å²) < 4.78 is 13.1. The van der Waals surface area contributed by atoms with Crippen LogP contribution in [0.2, 0.25) is 0 Å². The summed E-state index contributed by atoms with van der Waals surface area (Å²) in [5.41, 5.74) is 12.6. The topological polar surface area (TPSA) is 93.1 Å². The maximum Gasteiger partial charge on any atom is 0.164 e. The molecular weight excluding hydrogens is 233 g/mol. The number of aliphatic imine (C=N–C) groups is 1. The van der Waals surface area contributed by atoms with Crippen molar-refractivity contribution in [1.29, 1.82) is 0 Å². The van der Waals surface area contributed by atoms with E-state index in [1.807, 2.05) is 6.07 Å². The maximum absolute atomic E-state index is 13.1. The van der Waals surface area contributed by atoms with Gasteiger partial charge in [0.1, 0.15) is 11.5 Å². The lowest BCUT2D eigenvalue weighted by molar-refractivity contribution is 0.650. The number of amidine groups is 1. The highest BCUT2D eigenvalue weighted by Gasteiger charge is 2.07. The molecule has 2 aromatic heterocycles. The summed E-state index contributed by atoms with van der Waals surface area (Å²) in [6.45, 7) is 3.27. The molecule has 6 heteroatoms. The summed E-state index contributed by atoms with van der Waals surface area (Å²) in [5, 5.41) is 0.797. The zero-order valence-corrected chi connectivity index (χ0v) is 9.52. The van der Waals surface area contributed by atoms with E-state index in [0.29, 0.717) is 11.2 Å². The van der Waals surface area contributed by atoms with Crippen LogP contribution >= 0.6 is 0 Å². The minimum atomic E-state index is -0.711. The van der Waals surface area contributed by atoms with Crippen LogP contribution in [0.1, 0.15) is 5.56 Å². The van der Waals surface area contributed by atoms with Crippen molar-refractivity contribution in [3.05, 3.63) is 54.4 Å². The number of fused-ring (bicyclic) bond motifs is 1. The van der Waals surface area contributed by atoms with Crippen LogP contribution in [0.15, 0.2) is 53.8 Å². The molecule has 18 heavy (non-hydrogen) atoms. The van der Waals surface area contributed by atoms with Crippen LogP contribution in [-0.4, -0.2) is 15.8 Å². The van der Waals surface area contributed by atoms with E-state index in [2.05, 4.69) is 21.5 Å². The molecule has 0 aliphatic rings. The Morgan fingerprint density at radius 1 is 1.44 bits per heavy atom. The number of nitrogens with one attached hydrogen (secondary N) is 1. The van der Waals surface area contributed by atoms with Crippen LogP contribution in [0.5, 0.6) is 0 Å². The fourth-order valence-corrected chi connectivity index (χ4v) is 1.53. The van der Waals surface area contributed by atoms with Gasteiger partial charge in [-0.05, 0) is 18.2 Å². The van der Waals surface area contributed by atoms with Crippen molar-refractivity contribution in [2.24, 2.45) is 16.5 Å². The van der Waals surface area contributed by atoms with Crippen LogP contribution in [0.4, 0.5) is 4.39 Å². The number of hydrogen-bond acceptors (Lipinski definition) is 3. The minimum Gasteiger partial charge on any atom is -0.383 e. The van der Waals surface area contributed by atoms with Gasteiger partial charge in [0.05, 0.1) is 0 Å². The second-order valence-corrected chi connectivity index (χ2v) is 3.53. The van der Waals surface area contributed by atoms with Gasteiger partial charge in [0.2, 0.25) is 0 Å². The highest BCUT2D eigenvalue weighted by Crippen LogP contribution is 2.15. The number of H-pyrrole nitrogens is 1. The second kappa shape index (κ2) is 4.70. The predicted octanol–water partition coefficient (Wildman–Crippen LogP) is 1.55. The van der Waals surface area contributed by atoms with Crippen LogP contribution in [0.3, 0.4) is 0 Å². The van der Waals surface area contributed by atoms with Crippen molar-refractivity contribution < 1.29 is 4.39 Å². The third-order valence-electron chi connectivity index (χ3n) is 2.40. The van der Waals surface area contributed by atoms with Crippen molar-refractivity contribution >= 4 is 16.9 Å². The Morgan fingerprint density at radius 3 is 2.94 bits per heavy atom. The first-order valence-corrected chi connectivity index (χ1v) is 5.17. The first kappa shape index (κ1) is 11.8. The van der Waals surface area contributed by atoms with Crippen LogP contribution in [0.25, 0.3) is 11.0 Å². The van der Waals surface area contributed by atoms with Crippen LogP contribution in [0, 0.1) is 0 Å². The van der Waals surface area contributed by atoms with E-state index in [0.717, 1.165) is 11.5 Å². The molecule has 5 nitrogen and oxygen atoms in total. The first-order valence-electron chi connectivity index (χ1n) is 5.17. The fourth-order valence-electron chi connectivity index (χ4n) is 1.53. The summed E-state index contributed by atoms with van der Waals surface area (Å²) >= 11 is 0. The molecule has 0 saturated carbocycles. The average Bonchev–Trinajstić information content (AvgIpc) is 2.85. The molecule has 2 rings (SSSR count). The van der Waals surface area contributed by atoms with Gasteiger partial charge in [-0.15, -0.1) is 0 Å². The lowest BCUT2D eigenvalue weighted by Gasteiger charge is -2.02. The van der Waals surface area contributed by atoms with Gasteiger partial charge < -0.3 is 16.5 Å². The second-order valence-electron chi connectivity index (χ2n) is 3.53. The molecule has 5 N–H and O–H groups in total. The Morgan fingerprint density at radius 2 is 2.22 bits per heavy atom. The molecule has 0 fully saturated rings. The van der Waals surface area contributed by atoms with Crippen molar-refractivity contribution in [3.8, 4) is 0 Å². The van der Waals surface area contributed by atoms with Gasteiger partial charge in [0.25, 0.3) is 0 Å². The number of nitrogens with zero attached hydrogens (tertiary/aromatic N) is 2. The predicted molar refractivity (Wildman–Crippen MR) is 69.3 cm³/mol. The Hall–Kier alpha value is -2.63. The maximum atomic E-state index is 13.1. The zero-order chi connectivity index (χ0) is 13.1. The molecular formula is C12H12FN5. The third-order valence-corrected chi connectivity index (χ3v) is 2.40. The van der Waals surface area contributed by atoms with E-state index >= 15 is 0 Å². The summed E-state index contributed by atoms with van der Waals surface area (Å²) in [6, 6.07) is 3.50. The highest BCUT2D eigenvalue weighted by atomic mass is 19.1. The summed E-state index contributed by atoms with van der Waals surface area (Å²) in [6.07, 6.45) is 4.29. The molecule has 2 heterocycles. The quantitative estimate of drug-likeness (QED) is 0.435. The summed E-state index contributed by atoms with van der Waals surface area (Å²) in [7, 11) is 0. The third kappa shape index (κ3) is 2.08. The number of pyridine rings is 1.